The standard InChI is InChI=1S/C13H16N4O2S/c1-2-14-12-7-5-9-16-13(12)20(18,19)17-10-11-6-3-4-8-15-11/h3-9,14,17H,2,10H2,1H3. The van der Waals surface area contributed by atoms with E-state index in [1.165, 1.54) is 6.20 Å². The molecule has 0 fully saturated rings. The van der Waals surface area contributed by atoms with Crippen molar-refractivity contribution in [1.82, 2.24) is 14.7 Å². The maximum absolute atomic E-state index is 12.3. The first-order valence-corrected chi connectivity index (χ1v) is 7.70. The van der Waals surface area contributed by atoms with E-state index in [1.807, 2.05) is 13.0 Å². The van der Waals surface area contributed by atoms with Crippen LogP contribution in [0.25, 0.3) is 0 Å². The molecule has 106 valence electrons. The first-order valence-electron chi connectivity index (χ1n) is 6.22. The summed E-state index contributed by atoms with van der Waals surface area (Å²) >= 11 is 0. The first kappa shape index (κ1) is 14.4. The Balaban J connectivity index is 2.18. The van der Waals surface area contributed by atoms with E-state index in [0.717, 1.165) is 0 Å². The Kier molecular flexibility index (Phi) is 4.65. The Labute approximate surface area is 118 Å². The van der Waals surface area contributed by atoms with E-state index in [0.29, 0.717) is 17.9 Å². The predicted octanol–water partition coefficient (Wildman–Crippen LogP) is 1.39. The average Bonchev–Trinajstić information content (AvgIpc) is 2.47. The predicted molar refractivity (Wildman–Crippen MR) is 76.7 cm³/mol. The van der Waals surface area contributed by atoms with Crippen molar-refractivity contribution in [3.63, 3.8) is 0 Å². The highest BCUT2D eigenvalue weighted by molar-refractivity contribution is 7.89. The van der Waals surface area contributed by atoms with Crippen LogP contribution < -0.4 is 10.0 Å². The topological polar surface area (TPSA) is 84.0 Å². The third-order valence-corrected chi connectivity index (χ3v) is 3.92. The molecule has 6 nitrogen and oxygen atoms in total. The van der Waals surface area contributed by atoms with Crippen LogP contribution in [0.4, 0.5) is 5.69 Å². The lowest BCUT2D eigenvalue weighted by molar-refractivity contribution is 0.577. The van der Waals surface area contributed by atoms with Crippen molar-refractivity contribution in [2.24, 2.45) is 0 Å². The van der Waals surface area contributed by atoms with E-state index in [-0.39, 0.29) is 11.6 Å². The SMILES string of the molecule is CCNc1cccnc1S(=O)(=O)NCc1ccccn1. The van der Waals surface area contributed by atoms with E-state index in [2.05, 4.69) is 20.0 Å². The van der Waals surface area contributed by atoms with Gasteiger partial charge in [-0.15, -0.1) is 0 Å². The highest BCUT2D eigenvalue weighted by atomic mass is 32.2. The van der Waals surface area contributed by atoms with Gasteiger partial charge in [-0.05, 0) is 31.2 Å². The Morgan fingerprint density at radius 3 is 2.60 bits per heavy atom. The minimum atomic E-state index is -3.67. The second kappa shape index (κ2) is 6.44. The van der Waals surface area contributed by atoms with Crippen LogP contribution in [0, 0.1) is 0 Å². The second-order valence-electron chi connectivity index (χ2n) is 4.03. The second-order valence-corrected chi connectivity index (χ2v) is 5.71. The summed E-state index contributed by atoms with van der Waals surface area (Å²) in [5.74, 6) is 0. The van der Waals surface area contributed by atoms with Crippen LogP contribution in [0.3, 0.4) is 0 Å². The molecule has 0 unspecified atom stereocenters. The number of hydrogen-bond acceptors (Lipinski definition) is 5. The molecule has 20 heavy (non-hydrogen) atoms. The lowest BCUT2D eigenvalue weighted by Gasteiger charge is -2.10. The van der Waals surface area contributed by atoms with Gasteiger partial charge in [0.1, 0.15) is 0 Å². The number of sulfonamides is 1. The molecular weight excluding hydrogens is 276 g/mol. The van der Waals surface area contributed by atoms with Crippen LogP contribution in [0.5, 0.6) is 0 Å². The minimum absolute atomic E-state index is 0.00205. The molecule has 0 aromatic carbocycles. The molecule has 2 heterocycles. The fourth-order valence-electron chi connectivity index (χ4n) is 1.67. The number of nitrogens with one attached hydrogen (secondary N) is 2. The van der Waals surface area contributed by atoms with Gasteiger partial charge in [0.25, 0.3) is 10.0 Å². The Hall–Kier alpha value is -1.99. The van der Waals surface area contributed by atoms with Crippen LogP contribution >= 0.6 is 0 Å². The third kappa shape index (κ3) is 3.52. The fraction of sp³-hybridized carbons (Fsp3) is 0.231. The number of nitrogens with zero attached hydrogens (tertiary/aromatic N) is 2. The number of hydrogen-bond donors (Lipinski definition) is 2. The third-order valence-electron chi connectivity index (χ3n) is 2.56. The van der Waals surface area contributed by atoms with Crippen molar-refractivity contribution in [2.75, 3.05) is 11.9 Å². The van der Waals surface area contributed by atoms with Gasteiger partial charge in [0.15, 0.2) is 5.03 Å². The monoisotopic (exact) mass is 292 g/mol. The van der Waals surface area contributed by atoms with Crippen LogP contribution in [0.15, 0.2) is 47.8 Å². The summed E-state index contributed by atoms with van der Waals surface area (Å²) in [5.41, 5.74) is 1.14. The molecule has 0 atom stereocenters. The summed E-state index contributed by atoms with van der Waals surface area (Å²) in [4.78, 5) is 8.02. The largest absolute Gasteiger partial charge is 0.383 e. The molecule has 2 aromatic rings. The summed E-state index contributed by atoms with van der Waals surface area (Å²) in [6.45, 7) is 2.64. The van der Waals surface area contributed by atoms with Gasteiger partial charge in [0.05, 0.1) is 17.9 Å². The molecule has 0 aliphatic rings. The van der Waals surface area contributed by atoms with Crippen LogP contribution in [0.2, 0.25) is 0 Å². The number of rotatable bonds is 6. The zero-order valence-corrected chi connectivity index (χ0v) is 11.9. The van der Waals surface area contributed by atoms with Gasteiger partial charge in [-0.1, -0.05) is 6.07 Å². The van der Waals surface area contributed by atoms with Crippen molar-refractivity contribution < 1.29 is 8.42 Å². The van der Waals surface area contributed by atoms with E-state index in [1.54, 1.807) is 30.5 Å². The van der Waals surface area contributed by atoms with Gasteiger partial charge >= 0.3 is 0 Å². The molecule has 2 rings (SSSR count). The molecule has 2 N–H and O–H groups in total. The lowest BCUT2D eigenvalue weighted by Crippen LogP contribution is -2.25. The molecular formula is C13H16N4O2S. The van der Waals surface area contributed by atoms with Crippen molar-refractivity contribution in [3.05, 3.63) is 48.4 Å². The maximum atomic E-state index is 12.3. The average molecular weight is 292 g/mol. The van der Waals surface area contributed by atoms with Crippen LogP contribution in [0.1, 0.15) is 12.6 Å². The first-order chi connectivity index (χ1) is 9.63. The molecule has 0 saturated carbocycles. The van der Waals surface area contributed by atoms with Crippen molar-refractivity contribution >= 4 is 15.7 Å². The summed E-state index contributed by atoms with van der Waals surface area (Å²) in [7, 11) is -3.67. The Morgan fingerprint density at radius 2 is 1.90 bits per heavy atom. The molecule has 0 spiro atoms. The van der Waals surface area contributed by atoms with Crippen LogP contribution in [-0.4, -0.2) is 24.9 Å². The summed E-state index contributed by atoms with van der Waals surface area (Å²) in [5, 5.41) is 2.98. The van der Waals surface area contributed by atoms with Gasteiger partial charge in [-0.2, -0.15) is 0 Å². The highest BCUT2D eigenvalue weighted by Crippen LogP contribution is 2.17. The van der Waals surface area contributed by atoms with Gasteiger partial charge in [-0.3, -0.25) is 4.98 Å². The van der Waals surface area contributed by atoms with Gasteiger partial charge < -0.3 is 5.32 Å². The molecule has 0 amide bonds. The zero-order valence-electron chi connectivity index (χ0n) is 11.1. The highest BCUT2D eigenvalue weighted by Gasteiger charge is 2.19. The Bertz CT molecular complexity index is 659. The molecule has 7 heteroatoms. The molecule has 0 saturated heterocycles. The van der Waals surface area contributed by atoms with Gasteiger partial charge in [0, 0.05) is 18.9 Å². The Morgan fingerprint density at radius 1 is 1.10 bits per heavy atom. The quantitative estimate of drug-likeness (QED) is 0.840. The van der Waals surface area contributed by atoms with Crippen molar-refractivity contribution in [3.8, 4) is 0 Å². The van der Waals surface area contributed by atoms with Crippen LogP contribution in [-0.2, 0) is 16.6 Å². The summed E-state index contributed by atoms with van der Waals surface area (Å²) in [6, 6.07) is 8.72. The molecule has 0 aliphatic carbocycles. The molecule has 0 bridgehead atoms. The number of anilines is 1. The lowest BCUT2D eigenvalue weighted by atomic mass is 10.4. The minimum Gasteiger partial charge on any atom is -0.383 e. The van der Waals surface area contributed by atoms with E-state index < -0.39 is 10.0 Å². The zero-order chi connectivity index (χ0) is 14.4. The number of pyridine rings is 2. The van der Waals surface area contributed by atoms with Gasteiger partial charge in [0.2, 0.25) is 0 Å². The normalized spacial score (nSPS) is 11.2. The number of aromatic nitrogens is 2. The summed E-state index contributed by atoms with van der Waals surface area (Å²) < 4.78 is 27.0. The molecule has 0 radical (unpaired) electrons. The molecule has 0 aliphatic heterocycles. The van der Waals surface area contributed by atoms with Gasteiger partial charge in [-0.25, -0.2) is 18.1 Å². The maximum Gasteiger partial charge on any atom is 0.260 e. The fourth-order valence-corrected chi connectivity index (χ4v) is 2.77. The van der Waals surface area contributed by atoms with E-state index in [4.69, 9.17) is 0 Å². The summed E-state index contributed by atoms with van der Waals surface area (Å²) in [6.07, 6.45) is 3.07. The van der Waals surface area contributed by atoms with E-state index >= 15 is 0 Å². The van der Waals surface area contributed by atoms with Crippen molar-refractivity contribution in [2.45, 2.75) is 18.5 Å². The van der Waals surface area contributed by atoms with Crippen molar-refractivity contribution in [1.29, 1.82) is 0 Å². The van der Waals surface area contributed by atoms with E-state index in [9.17, 15) is 8.42 Å². The molecule has 2 aromatic heterocycles. The smallest absolute Gasteiger partial charge is 0.260 e.